The first kappa shape index (κ1) is 14.4. The molecule has 0 atom stereocenters. The van der Waals surface area contributed by atoms with E-state index in [1.165, 1.54) is 0 Å². The SMILES string of the molecule is CNc1cccc(OCCNC(=O)Cc2ccsc2)c1. The van der Waals surface area contributed by atoms with E-state index in [0.717, 1.165) is 17.0 Å². The van der Waals surface area contributed by atoms with Crippen LogP contribution >= 0.6 is 11.3 Å². The highest BCUT2D eigenvalue weighted by atomic mass is 32.1. The minimum Gasteiger partial charge on any atom is -0.492 e. The van der Waals surface area contributed by atoms with Gasteiger partial charge in [0, 0.05) is 18.8 Å². The number of ether oxygens (including phenoxy) is 1. The van der Waals surface area contributed by atoms with E-state index in [2.05, 4.69) is 10.6 Å². The summed E-state index contributed by atoms with van der Waals surface area (Å²) in [6.07, 6.45) is 0.429. The van der Waals surface area contributed by atoms with Crippen LogP contribution in [0.4, 0.5) is 5.69 Å². The maximum absolute atomic E-state index is 11.7. The molecule has 1 amide bonds. The van der Waals surface area contributed by atoms with Gasteiger partial charge in [-0.05, 0) is 34.5 Å². The van der Waals surface area contributed by atoms with Gasteiger partial charge in [-0.25, -0.2) is 0 Å². The van der Waals surface area contributed by atoms with Gasteiger partial charge < -0.3 is 15.4 Å². The lowest BCUT2D eigenvalue weighted by Gasteiger charge is -2.08. The molecule has 0 saturated carbocycles. The van der Waals surface area contributed by atoms with Crippen LogP contribution < -0.4 is 15.4 Å². The number of anilines is 1. The van der Waals surface area contributed by atoms with Crippen molar-refractivity contribution in [2.45, 2.75) is 6.42 Å². The lowest BCUT2D eigenvalue weighted by Crippen LogP contribution is -2.29. The molecule has 2 N–H and O–H groups in total. The fourth-order valence-electron chi connectivity index (χ4n) is 1.74. The van der Waals surface area contributed by atoms with Gasteiger partial charge in [0.1, 0.15) is 12.4 Å². The summed E-state index contributed by atoms with van der Waals surface area (Å²) in [7, 11) is 1.86. The van der Waals surface area contributed by atoms with Crippen molar-refractivity contribution in [3.63, 3.8) is 0 Å². The zero-order valence-corrected chi connectivity index (χ0v) is 12.2. The molecule has 4 nitrogen and oxygen atoms in total. The molecule has 0 unspecified atom stereocenters. The molecule has 1 heterocycles. The summed E-state index contributed by atoms with van der Waals surface area (Å²) in [4.78, 5) is 11.7. The summed E-state index contributed by atoms with van der Waals surface area (Å²) >= 11 is 1.60. The first-order valence-electron chi connectivity index (χ1n) is 6.46. The Morgan fingerprint density at radius 2 is 2.25 bits per heavy atom. The highest BCUT2D eigenvalue weighted by Crippen LogP contribution is 2.16. The van der Waals surface area contributed by atoms with E-state index in [0.29, 0.717) is 19.6 Å². The Kier molecular flexibility index (Phi) is 5.43. The largest absolute Gasteiger partial charge is 0.492 e. The zero-order chi connectivity index (χ0) is 14.2. The van der Waals surface area contributed by atoms with Crippen molar-refractivity contribution >= 4 is 22.9 Å². The Balaban J connectivity index is 1.67. The number of thiophene rings is 1. The monoisotopic (exact) mass is 290 g/mol. The van der Waals surface area contributed by atoms with Crippen molar-refractivity contribution in [1.29, 1.82) is 0 Å². The van der Waals surface area contributed by atoms with E-state index in [1.54, 1.807) is 11.3 Å². The Morgan fingerprint density at radius 1 is 1.35 bits per heavy atom. The molecule has 5 heteroatoms. The molecule has 0 aliphatic rings. The van der Waals surface area contributed by atoms with E-state index < -0.39 is 0 Å². The van der Waals surface area contributed by atoms with Crippen LogP contribution in [0, 0.1) is 0 Å². The number of hydrogen-bond donors (Lipinski definition) is 2. The second-order valence-corrected chi connectivity index (χ2v) is 5.06. The number of rotatable bonds is 7. The number of benzene rings is 1. The molecule has 0 bridgehead atoms. The molecule has 0 fully saturated rings. The summed E-state index contributed by atoms with van der Waals surface area (Å²) in [5, 5.41) is 9.85. The Hall–Kier alpha value is -2.01. The lowest BCUT2D eigenvalue weighted by molar-refractivity contribution is -0.120. The minimum absolute atomic E-state index is 0.0241. The Labute approximate surface area is 122 Å². The van der Waals surface area contributed by atoms with Gasteiger partial charge in [-0.3, -0.25) is 4.79 Å². The second kappa shape index (κ2) is 7.55. The molecule has 1 aromatic heterocycles. The van der Waals surface area contributed by atoms with Crippen molar-refractivity contribution < 1.29 is 9.53 Å². The van der Waals surface area contributed by atoms with E-state index in [9.17, 15) is 4.79 Å². The summed E-state index contributed by atoms with van der Waals surface area (Å²) in [5.74, 6) is 0.819. The van der Waals surface area contributed by atoms with Gasteiger partial charge in [0.25, 0.3) is 0 Å². The van der Waals surface area contributed by atoms with Gasteiger partial charge in [0.2, 0.25) is 5.91 Å². The average molecular weight is 290 g/mol. The Bertz CT molecular complexity index is 541. The summed E-state index contributed by atoms with van der Waals surface area (Å²) in [5.41, 5.74) is 2.05. The minimum atomic E-state index is 0.0241. The number of carbonyl (C=O) groups is 1. The smallest absolute Gasteiger partial charge is 0.224 e. The van der Waals surface area contributed by atoms with E-state index in [4.69, 9.17) is 4.74 Å². The van der Waals surface area contributed by atoms with Crippen molar-refractivity contribution in [3.8, 4) is 5.75 Å². The lowest BCUT2D eigenvalue weighted by atomic mass is 10.2. The standard InChI is InChI=1S/C15H18N2O2S/c1-16-13-3-2-4-14(10-13)19-7-6-17-15(18)9-12-5-8-20-11-12/h2-5,8,10-11,16H,6-7,9H2,1H3,(H,17,18). The third-order valence-corrected chi connectivity index (χ3v) is 3.49. The predicted octanol–water partition coefficient (Wildman–Crippen LogP) is 2.53. The maximum atomic E-state index is 11.7. The van der Waals surface area contributed by atoms with Crippen LogP contribution in [0.15, 0.2) is 41.1 Å². The maximum Gasteiger partial charge on any atom is 0.224 e. The van der Waals surface area contributed by atoms with Crippen LogP contribution in [0.1, 0.15) is 5.56 Å². The van der Waals surface area contributed by atoms with Gasteiger partial charge >= 0.3 is 0 Å². The fourth-order valence-corrected chi connectivity index (χ4v) is 2.41. The number of amides is 1. The van der Waals surface area contributed by atoms with Crippen LogP contribution in [-0.2, 0) is 11.2 Å². The highest BCUT2D eigenvalue weighted by Gasteiger charge is 2.03. The molecular formula is C15H18N2O2S. The van der Waals surface area contributed by atoms with Crippen molar-refractivity contribution in [1.82, 2.24) is 5.32 Å². The highest BCUT2D eigenvalue weighted by molar-refractivity contribution is 7.07. The normalized spacial score (nSPS) is 10.1. The van der Waals surface area contributed by atoms with Crippen molar-refractivity contribution in [3.05, 3.63) is 46.7 Å². The van der Waals surface area contributed by atoms with Crippen LogP contribution in [0.2, 0.25) is 0 Å². The number of nitrogens with one attached hydrogen (secondary N) is 2. The van der Waals surface area contributed by atoms with Crippen LogP contribution in [0.3, 0.4) is 0 Å². The van der Waals surface area contributed by atoms with Crippen molar-refractivity contribution in [2.24, 2.45) is 0 Å². The molecule has 1 aromatic carbocycles. The van der Waals surface area contributed by atoms with Gasteiger partial charge in [-0.1, -0.05) is 6.07 Å². The molecule has 0 saturated heterocycles. The first-order valence-corrected chi connectivity index (χ1v) is 7.40. The van der Waals surface area contributed by atoms with Crippen LogP contribution in [0.5, 0.6) is 5.75 Å². The molecule has 20 heavy (non-hydrogen) atoms. The van der Waals surface area contributed by atoms with Gasteiger partial charge in [0.15, 0.2) is 0 Å². The summed E-state index contributed by atoms with van der Waals surface area (Å²) < 4.78 is 5.58. The fraction of sp³-hybridized carbons (Fsp3) is 0.267. The predicted molar refractivity (Wildman–Crippen MR) is 82.5 cm³/mol. The molecule has 0 spiro atoms. The van der Waals surface area contributed by atoms with Crippen LogP contribution in [0.25, 0.3) is 0 Å². The molecule has 2 rings (SSSR count). The third-order valence-electron chi connectivity index (χ3n) is 2.76. The molecule has 0 aliphatic heterocycles. The molecule has 0 radical (unpaired) electrons. The van der Waals surface area contributed by atoms with Gasteiger partial charge in [0.05, 0.1) is 13.0 Å². The van der Waals surface area contributed by atoms with E-state index >= 15 is 0 Å². The number of hydrogen-bond acceptors (Lipinski definition) is 4. The molecule has 0 aliphatic carbocycles. The van der Waals surface area contributed by atoms with Crippen LogP contribution in [-0.4, -0.2) is 26.1 Å². The topological polar surface area (TPSA) is 50.4 Å². The van der Waals surface area contributed by atoms with Gasteiger partial charge in [-0.2, -0.15) is 11.3 Å². The zero-order valence-electron chi connectivity index (χ0n) is 11.4. The summed E-state index contributed by atoms with van der Waals surface area (Å²) in [6.45, 7) is 0.968. The van der Waals surface area contributed by atoms with E-state index in [-0.39, 0.29) is 5.91 Å². The quantitative estimate of drug-likeness (QED) is 0.770. The van der Waals surface area contributed by atoms with E-state index in [1.807, 2.05) is 48.1 Å². The first-order chi connectivity index (χ1) is 9.78. The van der Waals surface area contributed by atoms with Gasteiger partial charge in [-0.15, -0.1) is 0 Å². The van der Waals surface area contributed by atoms with Crippen molar-refractivity contribution in [2.75, 3.05) is 25.5 Å². The Morgan fingerprint density at radius 3 is 3.00 bits per heavy atom. The average Bonchev–Trinajstić information content (AvgIpc) is 2.97. The third kappa shape index (κ3) is 4.59. The molecule has 106 valence electrons. The number of carbonyl (C=O) groups excluding carboxylic acids is 1. The summed E-state index contributed by atoms with van der Waals surface area (Å²) in [6, 6.07) is 9.68. The molecular weight excluding hydrogens is 272 g/mol. The second-order valence-electron chi connectivity index (χ2n) is 4.28. The molecule has 2 aromatic rings.